The standard InChI is InChI=1S/C64H67F5IN11O9/c1-33(2)56(60(85)79-27-42(83)22-52(79)59(84)71-51(30-82)39-19-17-37(18-20-39)43-11-9-10-12-47(43)65)80-29-50(74-76-80)38-15-13-36(14-16-38)32-88-57-54(53-35(4)48(66)24-49-45(53)28-81(70)75-49)46(64(67,68)69)23-44-55(57)72-61(89-31-34(3)87-8)73-58(44)77-25-41-21-40(77)26-78(41)62(86)90-63(5,6)7/h9-20,23-24,28-29,33-34,40-42,51-52,56,82-83H,21-22,25-27,30-32H2,1-8H3,(H,71,84)/t34-,40-,41-,42+,51-,52-,56-/m0/s1. The number of likely N-dealkylation sites (tertiary alicyclic amines) is 2. The summed E-state index contributed by atoms with van der Waals surface area (Å²) >= 11 is 1.85. The van der Waals surface area contributed by atoms with Crippen molar-refractivity contribution in [3.8, 4) is 45.3 Å². The summed E-state index contributed by atoms with van der Waals surface area (Å²) < 4.78 is 106. The molecule has 26 heteroatoms. The van der Waals surface area contributed by atoms with Crippen molar-refractivity contribution in [3.63, 3.8) is 0 Å². The minimum absolute atomic E-state index is 0.0346. The lowest BCUT2D eigenvalue weighted by Crippen LogP contribution is -2.50. The van der Waals surface area contributed by atoms with Crippen LogP contribution in [-0.4, -0.2) is 147 Å². The second-order valence-corrected chi connectivity index (χ2v) is 25.3. The number of methoxy groups -OCH3 is 1. The summed E-state index contributed by atoms with van der Waals surface area (Å²) in [5.74, 6) is -2.93. The number of fused-ring (bicyclic) bond motifs is 4. The number of benzene rings is 5. The zero-order chi connectivity index (χ0) is 64.2. The van der Waals surface area contributed by atoms with Gasteiger partial charge in [0, 0.05) is 78.5 Å². The van der Waals surface area contributed by atoms with Gasteiger partial charge in [0.15, 0.2) is 5.75 Å². The normalized spacial score (nSPS) is 18.7. The average Bonchev–Trinajstić information content (AvgIpc) is 1.03. The molecule has 5 aromatic carbocycles. The molecule has 3 aliphatic heterocycles. The van der Waals surface area contributed by atoms with Crippen LogP contribution in [0.5, 0.6) is 11.8 Å². The summed E-state index contributed by atoms with van der Waals surface area (Å²) in [5, 5.41) is 37.5. The number of hydrogen-bond acceptors (Lipinski definition) is 15. The van der Waals surface area contributed by atoms with Crippen LogP contribution in [0.3, 0.4) is 0 Å². The molecule has 2 bridgehead atoms. The molecule has 0 aliphatic carbocycles. The highest BCUT2D eigenvalue weighted by atomic mass is 127. The highest BCUT2D eigenvalue weighted by Gasteiger charge is 2.49. The van der Waals surface area contributed by atoms with Gasteiger partial charge in [0.2, 0.25) is 11.8 Å². The van der Waals surface area contributed by atoms with Gasteiger partial charge in [0.25, 0.3) is 0 Å². The number of alkyl halides is 3. The molecule has 3 fully saturated rings. The fourth-order valence-corrected chi connectivity index (χ4v) is 12.6. The zero-order valence-corrected chi connectivity index (χ0v) is 52.7. The van der Waals surface area contributed by atoms with Crippen LogP contribution >= 0.6 is 22.9 Å². The molecule has 7 atom stereocenters. The molecular formula is C64H67F5IN11O9. The first-order valence-corrected chi connectivity index (χ1v) is 30.4. The number of nitrogens with zero attached hydrogens (tertiary/aromatic N) is 10. The van der Waals surface area contributed by atoms with Gasteiger partial charge in [0.1, 0.15) is 59.6 Å². The van der Waals surface area contributed by atoms with Gasteiger partial charge >= 0.3 is 18.3 Å². The van der Waals surface area contributed by atoms with Gasteiger partial charge in [-0.1, -0.05) is 85.8 Å². The fourth-order valence-electron chi connectivity index (χ4n) is 12.1. The molecule has 3 saturated heterocycles. The van der Waals surface area contributed by atoms with Gasteiger partial charge in [-0.2, -0.15) is 28.2 Å². The van der Waals surface area contributed by atoms with E-state index in [1.54, 1.807) is 119 Å². The predicted molar refractivity (Wildman–Crippen MR) is 331 cm³/mol. The summed E-state index contributed by atoms with van der Waals surface area (Å²) in [6.45, 7) is 11.5. The first kappa shape index (κ1) is 63.5. The van der Waals surface area contributed by atoms with E-state index in [1.807, 2.05) is 27.8 Å². The number of carbonyl (C=O) groups is 3. The van der Waals surface area contributed by atoms with Gasteiger partial charge in [-0.3, -0.25) is 9.59 Å². The maximum absolute atomic E-state index is 16.2. The monoisotopic (exact) mass is 1360 g/mol. The van der Waals surface area contributed by atoms with Gasteiger partial charge in [-0.15, -0.1) is 5.10 Å². The van der Waals surface area contributed by atoms with Crippen LogP contribution in [0.2, 0.25) is 0 Å². The van der Waals surface area contributed by atoms with Crippen molar-refractivity contribution < 1.29 is 65.5 Å². The van der Waals surface area contributed by atoms with Crippen molar-refractivity contribution in [2.45, 2.75) is 122 Å². The number of anilines is 1. The van der Waals surface area contributed by atoms with E-state index >= 15 is 17.6 Å². The molecule has 0 saturated carbocycles. The molecule has 11 rings (SSSR count). The van der Waals surface area contributed by atoms with Crippen molar-refractivity contribution in [2.75, 3.05) is 44.9 Å². The van der Waals surface area contributed by atoms with Crippen molar-refractivity contribution in [1.82, 2.24) is 48.1 Å². The molecule has 0 radical (unpaired) electrons. The maximum atomic E-state index is 16.2. The molecule has 3 aromatic heterocycles. The molecule has 0 spiro atoms. The summed E-state index contributed by atoms with van der Waals surface area (Å²) in [4.78, 5) is 56.4. The van der Waals surface area contributed by atoms with E-state index in [9.17, 15) is 29.0 Å². The number of rotatable bonds is 18. The lowest BCUT2D eigenvalue weighted by atomic mass is 9.90. The Morgan fingerprint density at radius 3 is 2.21 bits per heavy atom. The SMILES string of the molecule is CO[C@@H](C)COc1nc(N2C[C@@H]3C[C@H]2CN3C(=O)OC(C)(C)C)c2cc(C(F)(F)F)c(-c3c(C)c(F)cc4nn(I)cc34)c(OCc3ccc(-c4cn([C@H](C(=O)N5C[C@H](O)C[C@H]5C(=O)N[C@@H](CO)c5ccc(-c6ccccc6F)cc5)C(C)C)nn4)cc3)c2n1. The van der Waals surface area contributed by atoms with E-state index in [0.717, 1.165) is 12.1 Å². The number of aliphatic hydroxyl groups excluding tert-OH is 2. The molecule has 90 heavy (non-hydrogen) atoms. The van der Waals surface area contributed by atoms with Crippen LogP contribution in [0.15, 0.2) is 97.3 Å². The summed E-state index contributed by atoms with van der Waals surface area (Å²) in [6, 6.07) is 18.0. The Kier molecular flexibility index (Phi) is 17.8. The number of amides is 3. The Morgan fingerprint density at radius 2 is 1.56 bits per heavy atom. The Hall–Kier alpha value is -8.08. The molecule has 474 valence electrons. The topological polar surface area (TPSA) is 225 Å². The Bertz CT molecular complexity index is 4010. The van der Waals surface area contributed by atoms with E-state index in [-0.39, 0.29) is 102 Å². The minimum atomic E-state index is -5.07. The van der Waals surface area contributed by atoms with E-state index < -0.39 is 95.3 Å². The van der Waals surface area contributed by atoms with Crippen molar-refractivity contribution in [2.24, 2.45) is 5.92 Å². The number of β-amino-alcohol motifs (C(OH)–C–C–N with tert-alkyl or cyclic N) is 1. The second-order valence-electron chi connectivity index (χ2n) is 24.3. The lowest BCUT2D eigenvalue weighted by Gasteiger charge is -2.36. The maximum Gasteiger partial charge on any atom is 0.417 e. The number of piperazine rings is 1. The molecular weight excluding hydrogens is 1290 g/mol. The van der Waals surface area contributed by atoms with Crippen molar-refractivity contribution >= 4 is 68.4 Å². The Balaban J connectivity index is 0.898. The van der Waals surface area contributed by atoms with Gasteiger partial charge in [-0.05, 0) is 81.3 Å². The van der Waals surface area contributed by atoms with Gasteiger partial charge in [-0.25, -0.2) is 21.2 Å². The number of halogens is 6. The van der Waals surface area contributed by atoms with Crippen LogP contribution in [0.4, 0.5) is 32.6 Å². The van der Waals surface area contributed by atoms with E-state index in [2.05, 4.69) is 20.7 Å². The molecule has 3 amide bonds. The largest absolute Gasteiger partial charge is 0.486 e. The van der Waals surface area contributed by atoms with Crippen LogP contribution in [0.25, 0.3) is 55.3 Å². The lowest BCUT2D eigenvalue weighted by molar-refractivity contribution is -0.142. The van der Waals surface area contributed by atoms with E-state index in [0.29, 0.717) is 39.9 Å². The number of nitrogens with one attached hydrogen (secondary N) is 1. The summed E-state index contributed by atoms with van der Waals surface area (Å²) in [7, 11) is 1.50. The smallest absolute Gasteiger partial charge is 0.417 e. The highest BCUT2D eigenvalue weighted by molar-refractivity contribution is 14.1. The zero-order valence-electron chi connectivity index (χ0n) is 50.5. The quantitative estimate of drug-likeness (QED) is 0.0537. The third-order valence-corrected chi connectivity index (χ3v) is 17.1. The molecule has 3 aliphatic rings. The first-order valence-electron chi connectivity index (χ1n) is 29.4. The minimum Gasteiger partial charge on any atom is -0.486 e. The summed E-state index contributed by atoms with van der Waals surface area (Å²) in [5.41, 5.74) is 0.311. The molecule has 3 N–H and O–H groups in total. The van der Waals surface area contributed by atoms with Crippen LogP contribution < -0.4 is 19.7 Å². The van der Waals surface area contributed by atoms with E-state index in [1.165, 1.54) is 38.8 Å². The second kappa shape index (κ2) is 25.3. The predicted octanol–water partition coefficient (Wildman–Crippen LogP) is 10.6. The summed E-state index contributed by atoms with van der Waals surface area (Å²) in [6.07, 6.45) is -3.55. The fraction of sp³-hybridized carbons (Fsp3) is 0.406. The van der Waals surface area contributed by atoms with Crippen LogP contribution in [0.1, 0.15) is 88.7 Å². The average molecular weight is 1360 g/mol. The highest BCUT2D eigenvalue weighted by Crippen LogP contribution is 2.52. The van der Waals surface area contributed by atoms with Gasteiger partial charge in [0.05, 0.1) is 77.1 Å². The number of hydrogen-bond donors (Lipinski definition) is 3. The third-order valence-electron chi connectivity index (χ3n) is 16.6. The Labute approximate surface area is 528 Å². The first-order chi connectivity index (χ1) is 42.8. The van der Waals surface area contributed by atoms with Crippen molar-refractivity contribution in [1.29, 1.82) is 0 Å². The van der Waals surface area contributed by atoms with Gasteiger partial charge < -0.3 is 49.2 Å². The number of aromatic nitrogens is 7. The van der Waals surface area contributed by atoms with Crippen LogP contribution in [0, 0.1) is 24.5 Å². The molecule has 6 heterocycles. The number of ether oxygens (including phenoxy) is 4. The molecule has 20 nitrogen and oxygen atoms in total. The van der Waals surface area contributed by atoms with E-state index in [4.69, 9.17) is 28.9 Å². The number of aliphatic hydroxyl groups is 2. The molecule has 8 aromatic rings. The third kappa shape index (κ3) is 12.8. The number of carbonyl (C=O) groups excluding carboxylic acids is 3. The Morgan fingerprint density at radius 1 is 0.833 bits per heavy atom. The molecule has 0 unspecified atom stereocenters. The van der Waals surface area contributed by atoms with Crippen molar-refractivity contribution in [3.05, 3.63) is 131 Å². The van der Waals surface area contributed by atoms with Crippen LogP contribution in [-0.2, 0) is 31.8 Å².